The molecule has 0 radical (unpaired) electrons. The van der Waals surface area contributed by atoms with Gasteiger partial charge in [-0.3, -0.25) is 0 Å². The van der Waals surface area contributed by atoms with E-state index in [0.29, 0.717) is 17.1 Å². The molecule has 136 valence electrons. The zero-order valence-electron chi connectivity index (χ0n) is 14.3. The number of sulfonamides is 1. The highest BCUT2D eigenvalue weighted by Gasteiger charge is 2.25. The summed E-state index contributed by atoms with van der Waals surface area (Å²) < 4.78 is 48.2. The van der Waals surface area contributed by atoms with E-state index in [-0.39, 0.29) is 4.90 Å². The van der Waals surface area contributed by atoms with Gasteiger partial charge in [-0.1, -0.05) is 12.1 Å². The van der Waals surface area contributed by atoms with Gasteiger partial charge in [-0.05, 0) is 42.0 Å². The fourth-order valence-electron chi connectivity index (χ4n) is 2.56. The summed E-state index contributed by atoms with van der Waals surface area (Å²) in [5.41, 5.74) is 0.700. The number of hydrogen-bond acceptors (Lipinski definition) is 4. The summed E-state index contributed by atoms with van der Waals surface area (Å²) in [5.74, 6) is 0.689. The van der Waals surface area contributed by atoms with Gasteiger partial charge in [0.25, 0.3) is 0 Å². The van der Waals surface area contributed by atoms with E-state index in [1.165, 1.54) is 12.1 Å². The van der Waals surface area contributed by atoms with Gasteiger partial charge in [0.05, 0.1) is 12.0 Å². The van der Waals surface area contributed by atoms with Crippen LogP contribution in [0.3, 0.4) is 0 Å². The maximum atomic E-state index is 13.1. The molecule has 26 heavy (non-hydrogen) atoms. The van der Waals surface area contributed by atoms with Crippen LogP contribution in [0.25, 0.3) is 0 Å². The Morgan fingerprint density at radius 2 is 1.77 bits per heavy atom. The maximum absolute atomic E-state index is 13.1. The lowest BCUT2D eigenvalue weighted by Gasteiger charge is -2.19. The Balaban J connectivity index is 2.00. The predicted octanol–water partition coefficient (Wildman–Crippen LogP) is 2.64. The van der Waals surface area contributed by atoms with Crippen molar-refractivity contribution in [2.24, 2.45) is 7.05 Å². The van der Waals surface area contributed by atoms with Crippen LogP contribution in [-0.2, 0) is 17.1 Å². The van der Waals surface area contributed by atoms with Crippen molar-refractivity contribution in [1.82, 2.24) is 14.3 Å². The van der Waals surface area contributed by atoms with Crippen LogP contribution < -0.4 is 9.46 Å². The molecule has 0 saturated carbocycles. The lowest BCUT2D eigenvalue weighted by molar-refractivity contribution is 0.414. The molecule has 1 N–H and O–H groups in total. The summed E-state index contributed by atoms with van der Waals surface area (Å²) >= 11 is 0. The molecule has 0 aliphatic carbocycles. The van der Waals surface area contributed by atoms with E-state index in [1.54, 1.807) is 55.4 Å². The van der Waals surface area contributed by atoms with Gasteiger partial charge >= 0.3 is 0 Å². The van der Waals surface area contributed by atoms with Gasteiger partial charge in [0.15, 0.2) is 0 Å². The molecule has 1 heterocycles. The molecule has 0 aliphatic rings. The van der Waals surface area contributed by atoms with E-state index < -0.39 is 21.9 Å². The molecule has 0 spiro atoms. The third-order valence-electron chi connectivity index (χ3n) is 3.96. The molecule has 3 aromatic rings. The van der Waals surface area contributed by atoms with Crippen molar-refractivity contribution in [3.63, 3.8) is 0 Å². The van der Waals surface area contributed by atoms with Crippen LogP contribution in [0, 0.1) is 5.82 Å². The van der Waals surface area contributed by atoms with Gasteiger partial charge in [0.2, 0.25) is 10.0 Å². The molecule has 3 rings (SSSR count). The molecule has 6 nitrogen and oxygen atoms in total. The number of imidazole rings is 1. The van der Waals surface area contributed by atoms with Crippen molar-refractivity contribution in [2.75, 3.05) is 7.11 Å². The van der Waals surface area contributed by atoms with Crippen molar-refractivity contribution in [3.8, 4) is 5.75 Å². The minimum Gasteiger partial charge on any atom is -0.497 e. The van der Waals surface area contributed by atoms with Crippen LogP contribution in [0.5, 0.6) is 5.75 Å². The van der Waals surface area contributed by atoms with Crippen LogP contribution in [0.1, 0.15) is 17.4 Å². The molecular formula is C18H18FN3O3S. The first-order chi connectivity index (χ1) is 12.4. The Kier molecular flexibility index (Phi) is 5.06. The largest absolute Gasteiger partial charge is 0.497 e. The molecule has 0 saturated heterocycles. The van der Waals surface area contributed by atoms with Crippen molar-refractivity contribution in [1.29, 1.82) is 0 Å². The van der Waals surface area contributed by atoms with E-state index in [0.717, 1.165) is 12.1 Å². The van der Waals surface area contributed by atoms with Crippen molar-refractivity contribution in [2.45, 2.75) is 10.9 Å². The van der Waals surface area contributed by atoms with Crippen LogP contribution >= 0.6 is 0 Å². The third kappa shape index (κ3) is 3.76. The number of ether oxygens (including phenoxy) is 1. The van der Waals surface area contributed by atoms with E-state index in [9.17, 15) is 12.8 Å². The first-order valence-corrected chi connectivity index (χ1v) is 9.28. The predicted molar refractivity (Wildman–Crippen MR) is 94.8 cm³/mol. The fourth-order valence-corrected chi connectivity index (χ4v) is 3.74. The number of nitrogens with zero attached hydrogens (tertiary/aromatic N) is 2. The zero-order chi connectivity index (χ0) is 18.7. The van der Waals surface area contributed by atoms with Crippen LogP contribution in [0.15, 0.2) is 65.8 Å². The second kappa shape index (κ2) is 7.27. The van der Waals surface area contributed by atoms with Crippen LogP contribution in [0.2, 0.25) is 0 Å². The molecule has 0 aliphatic heterocycles. The monoisotopic (exact) mass is 375 g/mol. The van der Waals surface area contributed by atoms with Gasteiger partial charge in [-0.2, -0.15) is 4.72 Å². The number of benzene rings is 2. The second-order valence-electron chi connectivity index (χ2n) is 5.68. The highest BCUT2D eigenvalue weighted by atomic mass is 32.2. The molecule has 8 heteroatoms. The van der Waals surface area contributed by atoms with Crippen molar-refractivity contribution >= 4 is 10.0 Å². The van der Waals surface area contributed by atoms with Crippen molar-refractivity contribution < 1.29 is 17.5 Å². The number of nitrogens with one attached hydrogen (secondary N) is 1. The quantitative estimate of drug-likeness (QED) is 0.719. The van der Waals surface area contributed by atoms with Gasteiger partial charge in [-0.15, -0.1) is 0 Å². The summed E-state index contributed by atoms with van der Waals surface area (Å²) in [4.78, 5) is 4.25. The minimum atomic E-state index is -3.88. The molecule has 2 aromatic carbocycles. The smallest absolute Gasteiger partial charge is 0.241 e. The Hall–Kier alpha value is -2.71. The molecule has 0 bridgehead atoms. The molecule has 1 aromatic heterocycles. The molecule has 1 unspecified atom stereocenters. The standard InChI is InChI=1S/C18H18FN3O3S/c1-22-12-11-20-18(22)17(13-3-7-15(25-2)8-4-13)21-26(23,24)16-9-5-14(19)6-10-16/h3-12,17,21H,1-2H3. The fraction of sp³-hybridized carbons (Fsp3) is 0.167. The first-order valence-electron chi connectivity index (χ1n) is 7.80. The Bertz CT molecular complexity index is 983. The Labute approximate surface area is 151 Å². The first kappa shape index (κ1) is 18.1. The molecule has 0 fully saturated rings. The second-order valence-corrected chi connectivity index (χ2v) is 7.39. The number of aromatic nitrogens is 2. The number of halogens is 1. The average Bonchev–Trinajstić information content (AvgIpc) is 3.06. The van der Waals surface area contributed by atoms with Crippen LogP contribution in [0.4, 0.5) is 4.39 Å². The van der Waals surface area contributed by atoms with Gasteiger partial charge in [-0.25, -0.2) is 17.8 Å². The number of hydrogen-bond donors (Lipinski definition) is 1. The topological polar surface area (TPSA) is 73.2 Å². The summed E-state index contributed by atoms with van der Waals surface area (Å²) in [6.45, 7) is 0. The summed E-state index contributed by atoms with van der Waals surface area (Å²) in [6.07, 6.45) is 3.33. The normalized spacial score (nSPS) is 12.7. The van der Waals surface area contributed by atoms with Crippen LogP contribution in [-0.4, -0.2) is 25.1 Å². The van der Waals surface area contributed by atoms with E-state index in [2.05, 4.69) is 9.71 Å². The number of rotatable bonds is 6. The molecular weight excluding hydrogens is 357 g/mol. The van der Waals surface area contributed by atoms with Gasteiger partial charge in [0.1, 0.15) is 23.4 Å². The number of aryl methyl sites for hydroxylation is 1. The summed E-state index contributed by atoms with van der Waals surface area (Å²) in [5, 5.41) is 0. The lowest BCUT2D eigenvalue weighted by atomic mass is 10.1. The minimum absolute atomic E-state index is 0.0216. The average molecular weight is 375 g/mol. The summed E-state index contributed by atoms with van der Waals surface area (Å²) in [6, 6.07) is 11.0. The van der Waals surface area contributed by atoms with E-state index >= 15 is 0 Å². The van der Waals surface area contributed by atoms with E-state index in [4.69, 9.17) is 4.74 Å². The van der Waals surface area contributed by atoms with Gasteiger partial charge in [0, 0.05) is 19.4 Å². The van der Waals surface area contributed by atoms with Gasteiger partial charge < -0.3 is 9.30 Å². The lowest BCUT2D eigenvalue weighted by Crippen LogP contribution is -2.31. The number of methoxy groups -OCH3 is 1. The third-order valence-corrected chi connectivity index (χ3v) is 5.40. The molecule has 0 amide bonds. The maximum Gasteiger partial charge on any atom is 0.241 e. The van der Waals surface area contributed by atoms with E-state index in [1.807, 2.05) is 0 Å². The highest BCUT2D eigenvalue weighted by Crippen LogP contribution is 2.25. The molecule has 1 atom stereocenters. The van der Waals surface area contributed by atoms with Crippen molar-refractivity contribution in [3.05, 3.63) is 78.1 Å². The summed E-state index contributed by atoms with van der Waals surface area (Å²) in [7, 11) is -0.543. The Morgan fingerprint density at radius 3 is 2.31 bits per heavy atom. The SMILES string of the molecule is COc1ccc(C(NS(=O)(=O)c2ccc(F)cc2)c2nccn2C)cc1. The highest BCUT2D eigenvalue weighted by molar-refractivity contribution is 7.89. The Morgan fingerprint density at radius 1 is 1.12 bits per heavy atom. The zero-order valence-corrected chi connectivity index (χ0v) is 15.1.